The molecule has 0 saturated heterocycles. The first-order valence-corrected chi connectivity index (χ1v) is 11.4. The van der Waals surface area contributed by atoms with Crippen LogP contribution in [0.5, 0.6) is 0 Å². The van der Waals surface area contributed by atoms with Crippen LogP contribution in [-0.2, 0) is 9.59 Å². The highest BCUT2D eigenvalue weighted by molar-refractivity contribution is 6.31. The molecule has 1 aromatic heterocycles. The van der Waals surface area contributed by atoms with Gasteiger partial charge in [-0.15, -0.1) is 0 Å². The number of hydrogen-bond acceptors (Lipinski definition) is 4. The average molecular weight is 521 g/mol. The molecule has 2 amide bonds. The minimum absolute atomic E-state index is 0.0208. The maximum absolute atomic E-state index is 14.2. The topological polar surface area (TPSA) is 74.3 Å². The lowest BCUT2D eigenvalue weighted by Gasteiger charge is -2.38. The molecule has 1 unspecified atom stereocenters. The molecule has 1 aliphatic rings. The molecular weight excluding hydrogens is 500 g/mol. The van der Waals surface area contributed by atoms with Crippen LogP contribution in [0.2, 0.25) is 5.02 Å². The molecule has 1 fully saturated rings. The van der Waals surface area contributed by atoms with Crippen LogP contribution < -0.4 is 15.5 Å². The van der Waals surface area contributed by atoms with Crippen LogP contribution in [0.4, 0.5) is 28.9 Å². The van der Waals surface area contributed by atoms with Gasteiger partial charge in [0.15, 0.2) is 0 Å². The van der Waals surface area contributed by atoms with Crippen molar-refractivity contribution in [1.82, 2.24) is 10.3 Å². The summed E-state index contributed by atoms with van der Waals surface area (Å²) in [6.45, 7) is -0.491. The number of rotatable bonds is 8. The van der Waals surface area contributed by atoms with Crippen LogP contribution in [0.25, 0.3) is 0 Å². The third-order valence-corrected chi connectivity index (χ3v) is 6.03. The fraction of sp³-hybridized carbons (Fsp3) is 0.240. The lowest BCUT2D eigenvalue weighted by Crippen LogP contribution is -2.54. The van der Waals surface area contributed by atoms with Crippen LogP contribution in [0.3, 0.4) is 0 Å². The highest BCUT2D eigenvalue weighted by Crippen LogP contribution is 2.39. The van der Waals surface area contributed by atoms with Crippen LogP contribution in [0.15, 0.2) is 66.9 Å². The van der Waals surface area contributed by atoms with Crippen molar-refractivity contribution in [3.05, 3.63) is 89.2 Å². The number of nitrogens with one attached hydrogen (secondary N) is 2. The van der Waals surface area contributed by atoms with Gasteiger partial charge in [-0.3, -0.25) is 14.5 Å². The Morgan fingerprint density at radius 2 is 1.83 bits per heavy atom. The van der Waals surface area contributed by atoms with E-state index in [9.17, 15) is 27.2 Å². The summed E-state index contributed by atoms with van der Waals surface area (Å²) in [5.41, 5.74) is 0.167. The van der Waals surface area contributed by atoms with Crippen molar-refractivity contribution >= 4 is 34.8 Å². The Morgan fingerprint density at radius 1 is 1.08 bits per heavy atom. The van der Waals surface area contributed by atoms with E-state index in [1.54, 1.807) is 12.1 Å². The van der Waals surface area contributed by atoms with Gasteiger partial charge in [0.2, 0.25) is 17.8 Å². The highest BCUT2D eigenvalue weighted by atomic mass is 35.5. The van der Waals surface area contributed by atoms with Crippen molar-refractivity contribution in [2.24, 2.45) is 0 Å². The van der Waals surface area contributed by atoms with E-state index in [1.807, 2.05) is 0 Å². The Balaban J connectivity index is 1.71. The molecule has 1 atom stereocenters. The molecule has 2 aromatic carbocycles. The molecule has 1 aliphatic carbocycles. The first kappa shape index (κ1) is 25.4. The lowest BCUT2D eigenvalue weighted by molar-refractivity contribution is -0.132. The summed E-state index contributed by atoms with van der Waals surface area (Å²) >= 11 is 6.37. The molecule has 11 heteroatoms. The van der Waals surface area contributed by atoms with Gasteiger partial charge >= 0.3 is 0 Å². The van der Waals surface area contributed by atoms with E-state index >= 15 is 0 Å². The molecular formula is C25H21ClF4N4O2. The molecule has 0 spiro atoms. The third-order valence-electron chi connectivity index (χ3n) is 5.69. The molecule has 3 aromatic rings. The minimum Gasteiger partial charge on any atom is -0.372 e. The zero-order chi connectivity index (χ0) is 25.9. The average Bonchev–Trinajstić information content (AvgIpc) is 2.81. The Hall–Kier alpha value is -3.66. The first-order chi connectivity index (χ1) is 17.1. The number of amides is 2. The predicted molar refractivity (Wildman–Crippen MR) is 127 cm³/mol. The molecule has 2 N–H and O–H groups in total. The third kappa shape index (κ3) is 5.76. The van der Waals surface area contributed by atoms with Crippen molar-refractivity contribution in [3.63, 3.8) is 0 Å². The van der Waals surface area contributed by atoms with Crippen LogP contribution in [0, 0.1) is 11.8 Å². The summed E-state index contributed by atoms with van der Waals surface area (Å²) in [7, 11) is 0. The number of aromatic nitrogens is 1. The van der Waals surface area contributed by atoms with E-state index < -0.39 is 61.0 Å². The van der Waals surface area contributed by atoms with Gasteiger partial charge in [0.25, 0.3) is 5.92 Å². The monoisotopic (exact) mass is 520 g/mol. The number of nitrogens with zero attached hydrogens (tertiary/aromatic N) is 2. The van der Waals surface area contributed by atoms with Crippen molar-refractivity contribution in [3.8, 4) is 0 Å². The number of pyridine rings is 1. The van der Waals surface area contributed by atoms with E-state index in [-0.39, 0.29) is 22.0 Å². The van der Waals surface area contributed by atoms with Crippen molar-refractivity contribution in [2.75, 3.05) is 16.8 Å². The van der Waals surface area contributed by atoms with Gasteiger partial charge in [-0.05, 0) is 36.4 Å². The van der Waals surface area contributed by atoms with Gasteiger partial charge in [0.1, 0.15) is 11.9 Å². The first-order valence-electron chi connectivity index (χ1n) is 11.0. The Morgan fingerprint density at radius 3 is 2.50 bits per heavy atom. The van der Waals surface area contributed by atoms with E-state index in [0.717, 1.165) is 17.0 Å². The van der Waals surface area contributed by atoms with Gasteiger partial charge in [0.05, 0.1) is 12.2 Å². The molecule has 4 rings (SSSR count). The van der Waals surface area contributed by atoms with E-state index in [4.69, 9.17) is 11.6 Å². The predicted octanol–water partition coefficient (Wildman–Crippen LogP) is 5.11. The van der Waals surface area contributed by atoms with Gasteiger partial charge in [-0.25, -0.2) is 18.2 Å². The summed E-state index contributed by atoms with van der Waals surface area (Å²) in [6, 6.07) is 11.8. The Kier molecular flexibility index (Phi) is 7.44. The van der Waals surface area contributed by atoms with Crippen LogP contribution >= 0.6 is 11.6 Å². The summed E-state index contributed by atoms with van der Waals surface area (Å²) in [4.78, 5) is 31.5. The molecule has 0 aliphatic heterocycles. The second-order valence-corrected chi connectivity index (χ2v) is 8.74. The maximum Gasteiger partial charge on any atom is 0.252 e. The zero-order valence-electron chi connectivity index (χ0n) is 18.7. The van der Waals surface area contributed by atoms with E-state index in [2.05, 4.69) is 15.6 Å². The number of carbonyl (C=O) groups excluding carboxylic acids is 2. The number of carbonyl (C=O) groups is 2. The lowest BCUT2D eigenvalue weighted by atomic mass is 9.87. The fourth-order valence-corrected chi connectivity index (χ4v) is 4.21. The fourth-order valence-electron chi connectivity index (χ4n) is 3.97. The van der Waals surface area contributed by atoms with E-state index in [1.165, 1.54) is 42.6 Å². The smallest absolute Gasteiger partial charge is 0.252 e. The van der Waals surface area contributed by atoms with Crippen molar-refractivity contribution in [1.29, 1.82) is 0 Å². The quantitative estimate of drug-likeness (QED) is 0.320. The van der Waals surface area contributed by atoms with E-state index in [0.29, 0.717) is 0 Å². The maximum atomic E-state index is 14.2. The summed E-state index contributed by atoms with van der Waals surface area (Å²) in [6.07, 6.45) is 0.163. The summed E-state index contributed by atoms with van der Waals surface area (Å²) < 4.78 is 55.0. The molecule has 188 valence electrons. The van der Waals surface area contributed by atoms with Crippen LogP contribution in [0.1, 0.15) is 24.4 Å². The van der Waals surface area contributed by atoms with Crippen molar-refractivity contribution in [2.45, 2.75) is 30.8 Å². The SMILES string of the molecule is O=C(NC1CC(F)(F)C1)C(c1ccccc1Cl)N(C(=O)CNc1cccnc1F)c1cccc(F)c1. The summed E-state index contributed by atoms with van der Waals surface area (Å²) in [5.74, 6) is -5.90. The number of alkyl halides is 2. The van der Waals surface area contributed by atoms with Gasteiger partial charge < -0.3 is 10.6 Å². The Labute approximate surface area is 209 Å². The molecule has 36 heavy (non-hydrogen) atoms. The van der Waals surface area contributed by atoms with Gasteiger partial charge in [-0.1, -0.05) is 35.9 Å². The van der Waals surface area contributed by atoms with Gasteiger partial charge in [0, 0.05) is 41.4 Å². The number of anilines is 2. The summed E-state index contributed by atoms with van der Waals surface area (Å²) in [5, 5.41) is 5.31. The minimum atomic E-state index is -2.88. The molecule has 1 heterocycles. The second kappa shape index (κ2) is 10.5. The molecule has 6 nitrogen and oxygen atoms in total. The van der Waals surface area contributed by atoms with Crippen LogP contribution in [-0.4, -0.2) is 35.3 Å². The number of halogens is 5. The normalized spacial score (nSPS) is 15.5. The zero-order valence-corrected chi connectivity index (χ0v) is 19.5. The molecule has 0 bridgehead atoms. The highest BCUT2D eigenvalue weighted by Gasteiger charge is 2.47. The Bertz CT molecular complexity index is 1270. The largest absolute Gasteiger partial charge is 0.372 e. The number of hydrogen-bond donors (Lipinski definition) is 2. The van der Waals surface area contributed by atoms with Crippen molar-refractivity contribution < 1.29 is 27.2 Å². The second-order valence-electron chi connectivity index (χ2n) is 8.33. The van der Waals surface area contributed by atoms with Gasteiger partial charge in [-0.2, -0.15) is 4.39 Å². The number of benzene rings is 2. The molecule has 0 radical (unpaired) electrons. The standard InChI is InChI=1S/C25H21ClF4N4O2/c26-19-8-2-1-7-18(19)22(24(36)33-16-12-25(29,30)13-16)34(17-6-3-5-15(27)11-17)21(35)14-32-20-9-4-10-31-23(20)28/h1-11,16,22,32H,12-14H2,(H,33,36). The molecule has 1 saturated carbocycles.